The highest BCUT2D eigenvalue weighted by Gasteiger charge is 2.72. The molecule has 1 N–H and O–H groups in total. The van der Waals surface area contributed by atoms with Gasteiger partial charge in [0.1, 0.15) is 35.8 Å². The molecule has 2 aliphatic heterocycles. The second kappa shape index (κ2) is 12.1. The molecule has 3 aliphatic rings. The molecule has 1 aliphatic carbocycles. The Morgan fingerprint density at radius 2 is 1.95 bits per heavy atom. The highest BCUT2D eigenvalue weighted by Crippen LogP contribution is 2.59. The summed E-state index contributed by atoms with van der Waals surface area (Å²) in [5, 5.41) is 8.71. The summed E-state index contributed by atoms with van der Waals surface area (Å²) >= 11 is 0. The first kappa shape index (κ1) is 27.8. The number of esters is 1. The number of carbonyl (C=O) groups excluding carboxylic acids is 1. The molecule has 2 heterocycles. The fraction of sp³-hybridized carbons (Fsp3) is 0.621. The van der Waals surface area contributed by atoms with Crippen molar-refractivity contribution in [1.29, 1.82) is 0 Å². The summed E-state index contributed by atoms with van der Waals surface area (Å²) < 4.78 is 34.8. The minimum absolute atomic E-state index is 0.00215. The van der Waals surface area contributed by atoms with Gasteiger partial charge >= 0.3 is 5.97 Å². The van der Waals surface area contributed by atoms with E-state index in [1.807, 2.05) is 24.3 Å². The van der Waals surface area contributed by atoms with Crippen molar-refractivity contribution in [2.75, 3.05) is 40.1 Å². The van der Waals surface area contributed by atoms with E-state index in [0.717, 1.165) is 18.4 Å². The Labute approximate surface area is 219 Å². The lowest BCUT2D eigenvalue weighted by molar-refractivity contribution is -0.166. The monoisotopic (exact) mass is 516 g/mol. The first-order valence-corrected chi connectivity index (χ1v) is 13.1. The molecule has 2 saturated heterocycles. The maximum Gasteiger partial charge on any atom is 0.331 e. The molecule has 0 bridgehead atoms. The number of aliphatic hydroxyl groups excluding tert-OH is 1. The molecule has 37 heavy (non-hydrogen) atoms. The molecule has 8 nitrogen and oxygen atoms in total. The van der Waals surface area contributed by atoms with Crippen molar-refractivity contribution < 1.29 is 38.3 Å². The van der Waals surface area contributed by atoms with Gasteiger partial charge in [-0.25, -0.2) is 4.79 Å². The largest absolute Gasteiger partial charge is 0.491 e. The van der Waals surface area contributed by atoms with Crippen molar-refractivity contribution in [2.45, 2.75) is 69.5 Å². The Morgan fingerprint density at radius 1 is 1.19 bits per heavy atom. The van der Waals surface area contributed by atoms with Crippen molar-refractivity contribution >= 4 is 12.0 Å². The van der Waals surface area contributed by atoms with Crippen LogP contribution >= 0.6 is 0 Å². The van der Waals surface area contributed by atoms with E-state index in [-0.39, 0.29) is 42.0 Å². The summed E-state index contributed by atoms with van der Waals surface area (Å²) in [6.45, 7) is 8.12. The normalized spacial score (nSPS) is 32.4. The SMILES string of the molecule is CO[C@@H]1[C@H](OC(=O)/C=C/c2ccc(OCCOCCO)cc2)CC[C@]2(CO2)[C@H]1[C@@]1(C)O[C@@H]1CC=C(C)C. The lowest BCUT2D eigenvalue weighted by Crippen LogP contribution is -2.55. The van der Waals surface area contributed by atoms with E-state index < -0.39 is 5.97 Å². The summed E-state index contributed by atoms with van der Waals surface area (Å²) in [6, 6.07) is 7.41. The van der Waals surface area contributed by atoms with Crippen LogP contribution in [0.5, 0.6) is 5.75 Å². The van der Waals surface area contributed by atoms with Crippen molar-refractivity contribution in [3.63, 3.8) is 0 Å². The van der Waals surface area contributed by atoms with Gasteiger partial charge in [0.2, 0.25) is 0 Å². The Morgan fingerprint density at radius 3 is 2.59 bits per heavy atom. The van der Waals surface area contributed by atoms with Crippen LogP contribution in [-0.2, 0) is 28.5 Å². The maximum atomic E-state index is 12.7. The summed E-state index contributed by atoms with van der Waals surface area (Å²) in [5.74, 6) is 0.305. The number of rotatable bonds is 13. The number of benzene rings is 1. The van der Waals surface area contributed by atoms with Gasteiger partial charge in [-0.15, -0.1) is 0 Å². The number of aliphatic hydroxyl groups is 1. The van der Waals surface area contributed by atoms with E-state index in [2.05, 4.69) is 26.8 Å². The fourth-order valence-electron chi connectivity index (χ4n) is 5.48. The molecule has 0 radical (unpaired) electrons. The number of carbonyl (C=O) groups is 1. The molecule has 6 atom stereocenters. The molecular weight excluding hydrogens is 476 g/mol. The number of hydrogen-bond donors (Lipinski definition) is 1. The zero-order chi connectivity index (χ0) is 26.5. The van der Waals surface area contributed by atoms with E-state index >= 15 is 0 Å². The standard InChI is InChI=1S/C29H40O8/c1-20(2)5-11-24-28(3,37-24)27-26(32-4)23(13-14-29(27)19-35-29)36-25(31)12-8-21-6-9-22(10-7-21)34-18-17-33-16-15-30/h5-10,12,23-24,26-27,30H,11,13-19H2,1-4H3/b12-8+/t23-,24-,26-,27-,28+,29+/m1/s1. The average Bonchev–Trinajstić information content (AvgIpc) is 3.80. The van der Waals surface area contributed by atoms with Crippen LogP contribution in [0.1, 0.15) is 45.6 Å². The minimum atomic E-state index is -0.400. The van der Waals surface area contributed by atoms with Crippen molar-refractivity contribution in [3.05, 3.63) is 47.6 Å². The lowest BCUT2D eigenvalue weighted by Gasteiger charge is -2.42. The fourth-order valence-corrected chi connectivity index (χ4v) is 5.48. The molecule has 8 heteroatoms. The van der Waals surface area contributed by atoms with Gasteiger partial charge in [0, 0.05) is 13.2 Å². The third kappa shape index (κ3) is 6.81. The van der Waals surface area contributed by atoms with Gasteiger partial charge in [-0.05, 0) is 63.8 Å². The predicted molar refractivity (Wildman–Crippen MR) is 138 cm³/mol. The number of ether oxygens (including phenoxy) is 6. The molecule has 204 valence electrons. The van der Waals surface area contributed by atoms with Crippen LogP contribution in [0.25, 0.3) is 6.08 Å². The molecule has 0 unspecified atom stereocenters. The molecule has 1 aromatic rings. The quantitative estimate of drug-likeness (QED) is 0.139. The number of hydrogen-bond acceptors (Lipinski definition) is 8. The summed E-state index contributed by atoms with van der Waals surface area (Å²) in [5.41, 5.74) is 1.52. The van der Waals surface area contributed by atoms with Crippen molar-refractivity contribution in [1.82, 2.24) is 0 Å². The van der Waals surface area contributed by atoms with Crippen LogP contribution in [0, 0.1) is 5.92 Å². The molecule has 0 amide bonds. The average molecular weight is 517 g/mol. The van der Waals surface area contributed by atoms with Gasteiger partial charge in [0.25, 0.3) is 0 Å². The Kier molecular flexibility index (Phi) is 9.08. The van der Waals surface area contributed by atoms with E-state index in [9.17, 15) is 4.79 Å². The lowest BCUT2D eigenvalue weighted by atomic mass is 9.68. The van der Waals surface area contributed by atoms with Crippen LogP contribution in [0.3, 0.4) is 0 Å². The number of methoxy groups -OCH3 is 1. The number of epoxide rings is 2. The first-order chi connectivity index (χ1) is 17.8. The minimum Gasteiger partial charge on any atom is -0.491 e. The van der Waals surface area contributed by atoms with Crippen LogP contribution < -0.4 is 4.74 Å². The molecular formula is C29H40O8. The van der Waals surface area contributed by atoms with Crippen molar-refractivity contribution in [2.24, 2.45) is 5.92 Å². The molecule has 1 saturated carbocycles. The zero-order valence-corrected chi connectivity index (χ0v) is 22.3. The number of allylic oxidation sites excluding steroid dienone is 1. The van der Waals surface area contributed by atoms with Gasteiger partial charge < -0.3 is 33.5 Å². The van der Waals surface area contributed by atoms with Crippen LogP contribution in [0.4, 0.5) is 0 Å². The first-order valence-electron chi connectivity index (χ1n) is 13.1. The van der Waals surface area contributed by atoms with Crippen LogP contribution in [0.15, 0.2) is 42.0 Å². The molecule has 1 aromatic carbocycles. The smallest absolute Gasteiger partial charge is 0.331 e. The third-order valence-corrected chi connectivity index (χ3v) is 7.53. The van der Waals surface area contributed by atoms with E-state index in [0.29, 0.717) is 38.6 Å². The van der Waals surface area contributed by atoms with Gasteiger partial charge in [-0.3, -0.25) is 0 Å². The Bertz CT molecular complexity index is 963. The van der Waals surface area contributed by atoms with Gasteiger partial charge in [0.15, 0.2) is 0 Å². The second-order valence-electron chi connectivity index (χ2n) is 10.4. The van der Waals surface area contributed by atoms with E-state index in [1.165, 1.54) is 11.6 Å². The molecule has 4 rings (SSSR count). The van der Waals surface area contributed by atoms with Gasteiger partial charge in [0.05, 0.1) is 38.4 Å². The molecule has 0 aromatic heterocycles. The molecule has 1 spiro atoms. The summed E-state index contributed by atoms with van der Waals surface area (Å²) in [6.07, 6.45) is 7.20. The summed E-state index contributed by atoms with van der Waals surface area (Å²) in [7, 11) is 1.68. The summed E-state index contributed by atoms with van der Waals surface area (Å²) in [4.78, 5) is 12.7. The third-order valence-electron chi connectivity index (χ3n) is 7.53. The Balaban J connectivity index is 1.32. The highest BCUT2D eigenvalue weighted by atomic mass is 16.6. The van der Waals surface area contributed by atoms with Crippen LogP contribution in [0.2, 0.25) is 0 Å². The maximum absolute atomic E-state index is 12.7. The van der Waals surface area contributed by atoms with Crippen molar-refractivity contribution in [3.8, 4) is 5.75 Å². The van der Waals surface area contributed by atoms with E-state index in [4.69, 9.17) is 33.5 Å². The topological polar surface area (TPSA) is 99.3 Å². The Hall–Kier alpha value is -2.23. The van der Waals surface area contributed by atoms with Gasteiger partial charge in [-0.2, -0.15) is 0 Å². The van der Waals surface area contributed by atoms with Gasteiger partial charge in [-0.1, -0.05) is 23.8 Å². The zero-order valence-electron chi connectivity index (χ0n) is 22.3. The molecule has 3 fully saturated rings. The second-order valence-corrected chi connectivity index (χ2v) is 10.4. The predicted octanol–water partition coefficient (Wildman–Crippen LogP) is 3.71. The van der Waals surface area contributed by atoms with E-state index in [1.54, 1.807) is 13.2 Å². The highest BCUT2D eigenvalue weighted by molar-refractivity contribution is 5.87. The van der Waals surface area contributed by atoms with Crippen LogP contribution in [-0.4, -0.2) is 80.7 Å².